The standard InChI is InChI=1S/C17H24ClN3O4/c1-3-4-9-13(21-17(19)24)16(23)20-14(10-15(22)25-2)11-7-5-6-8-12(11)18/h5-8,13-14H,3-4,9-10H2,1-2H3,(H,20,23)(H3,19,21,24). The molecular formula is C17H24ClN3O4. The molecule has 8 heteroatoms. The maximum absolute atomic E-state index is 12.6. The molecule has 0 spiro atoms. The number of primary amides is 1. The van der Waals surface area contributed by atoms with Gasteiger partial charge in [-0.15, -0.1) is 0 Å². The van der Waals surface area contributed by atoms with E-state index < -0.39 is 30.0 Å². The summed E-state index contributed by atoms with van der Waals surface area (Å²) in [5.41, 5.74) is 5.74. The number of amides is 3. The number of carbonyl (C=O) groups is 3. The summed E-state index contributed by atoms with van der Waals surface area (Å²) in [5.74, 6) is -0.917. The highest BCUT2D eigenvalue weighted by Crippen LogP contribution is 2.25. The fraction of sp³-hybridized carbons (Fsp3) is 0.471. The van der Waals surface area contributed by atoms with Crippen molar-refractivity contribution in [3.63, 3.8) is 0 Å². The van der Waals surface area contributed by atoms with Gasteiger partial charge in [-0.3, -0.25) is 9.59 Å². The molecule has 0 aliphatic carbocycles. The maximum atomic E-state index is 12.6. The Bertz CT molecular complexity index is 609. The predicted octanol–water partition coefficient (Wildman–Crippen LogP) is 2.29. The van der Waals surface area contributed by atoms with E-state index in [9.17, 15) is 14.4 Å². The molecule has 0 aliphatic rings. The first-order chi connectivity index (χ1) is 11.9. The van der Waals surface area contributed by atoms with Crippen LogP contribution in [0.4, 0.5) is 4.79 Å². The Morgan fingerprint density at radius 3 is 2.48 bits per heavy atom. The van der Waals surface area contributed by atoms with Crippen molar-refractivity contribution >= 4 is 29.5 Å². The van der Waals surface area contributed by atoms with E-state index in [1.807, 2.05) is 6.92 Å². The van der Waals surface area contributed by atoms with Crippen LogP contribution in [0.2, 0.25) is 5.02 Å². The fourth-order valence-electron chi connectivity index (χ4n) is 2.37. The molecule has 7 nitrogen and oxygen atoms in total. The largest absolute Gasteiger partial charge is 0.469 e. The van der Waals surface area contributed by atoms with Crippen LogP contribution in [0.3, 0.4) is 0 Å². The molecule has 0 bridgehead atoms. The Labute approximate surface area is 152 Å². The second-order valence-corrected chi connectivity index (χ2v) is 5.97. The molecule has 0 aliphatic heterocycles. The van der Waals surface area contributed by atoms with Gasteiger partial charge in [-0.2, -0.15) is 0 Å². The SMILES string of the molecule is CCCCC(NC(N)=O)C(=O)NC(CC(=O)OC)c1ccccc1Cl. The number of hydrogen-bond acceptors (Lipinski definition) is 4. The third-order valence-corrected chi connectivity index (χ3v) is 4.02. The first kappa shape index (κ1) is 20.8. The number of nitrogens with one attached hydrogen (secondary N) is 2. The highest BCUT2D eigenvalue weighted by atomic mass is 35.5. The van der Waals surface area contributed by atoms with Crippen molar-refractivity contribution in [3.05, 3.63) is 34.9 Å². The van der Waals surface area contributed by atoms with Crippen LogP contribution in [0.1, 0.15) is 44.2 Å². The third kappa shape index (κ3) is 7.01. The number of carbonyl (C=O) groups excluding carboxylic acids is 3. The number of ether oxygens (including phenoxy) is 1. The smallest absolute Gasteiger partial charge is 0.312 e. The molecule has 0 fully saturated rings. The van der Waals surface area contributed by atoms with Gasteiger partial charge in [-0.05, 0) is 18.1 Å². The number of halogens is 1. The third-order valence-electron chi connectivity index (χ3n) is 3.67. The van der Waals surface area contributed by atoms with Gasteiger partial charge in [0, 0.05) is 5.02 Å². The highest BCUT2D eigenvalue weighted by Gasteiger charge is 2.25. The van der Waals surface area contributed by atoms with Crippen LogP contribution in [0.25, 0.3) is 0 Å². The van der Waals surface area contributed by atoms with Crippen LogP contribution in [0.15, 0.2) is 24.3 Å². The van der Waals surface area contributed by atoms with Gasteiger partial charge >= 0.3 is 12.0 Å². The minimum atomic E-state index is -0.779. The minimum Gasteiger partial charge on any atom is -0.469 e. The zero-order valence-corrected chi connectivity index (χ0v) is 15.1. The molecule has 1 aromatic rings. The molecular weight excluding hydrogens is 346 g/mol. The maximum Gasteiger partial charge on any atom is 0.312 e. The quantitative estimate of drug-likeness (QED) is 0.580. The molecule has 0 radical (unpaired) electrons. The van der Waals surface area contributed by atoms with Crippen LogP contribution in [-0.2, 0) is 14.3 Å². The van der Waals surface area contributed by atoms with E-state index in [1.54, 1.807) is 24.3 Å². The summed E-state index contributed by atoms with van der Waals surface area (Å²) in [6.07, 6.45) is 1.97. The van der Waals surface area contributed by atoms with Gasteiger partial charge in [-0.1, -0.05) is 49.6 Å². The molecule has 138 valence electrons. The number of esters is 1. The molecule has 1 aromatic carbocycles. The molecule has 0 saturated carbocycles. The number of nitrogens with two attached hydrogens (primary N) is 1. The number of unbranched alkanes of at least 4 members (excludes halogenated alkanes) is 1. The lowest BCUT2D eigenvalue weighted by atomic mass is 10.0. The van der Waals surface area contributed by atoms with Crippen LogP contribution in [-0.4, -0.2) is 31.1 Å². The van der Waals surface area contributed by atoms with Crippen molar-refractivity contribution in [2.24, 2.45) is 5.73 Å². The van der Waals surface area contributed by atoms with Crippen molar-refractivity contribution in [1.29, 1.82) is 0 Å². The first-order valence-electron chi connectivity index (χ1n) is 8.06. The lowest BCUT2D eigenvalue weighted by molar-refractivity contribution is -0.141. The Morgan fingerprint density at radius 2 is 1.92 bits per heavy atom. The topological polar surface area (TPSA) is 111 Å². The Morgan fingerprint density at radius 1 is 1.24 bits per heavy atom. The molecule has 2 unspecified atom stereocenters. The van der Waals surface area contributed by atoms with Gasteiger partial charge < -0.3 is 21.1 Å². The summed E-state index contributed by atoms with van der Waals surface area (Å²) in [7, 11) is 1.27. The van der Waals surface area contributed by atoms with Gasteiger partial charge in [0.1, 0.15) is 6.04 Å². The number of hydrogen-bond donors (Lipinski definition) is 3. The van der Waals surface area contributed by atoms with Crippen molar-refractivity contribution in [3.8, 4) is 0 Å². The molecule has 0 saturated heterocycles. The Balaban J connectivity index is 2.97. The molecule has 0 aromatic heterocycles. The fourth-order valence-corrected chi connectivity index (χ4v) is 2.63. The van der Waals surface area contributed by atoms with E-state index >= 15 is 0 Å². The number of rotatable bonds is 9. The van der Waals surface area contributed by atoms with E-state index in [-0.39, 0.29) is 6.42 Å². The van der Waals surface area contributed by atoms with Crippen LogP contribution >= 0.6 is 11.6 Å². The molecule has 25 heavy (non-hydrogen) atoms. The zero-order chi connectivity index (χ0) is 18.8. The number of methoxy groups -OCH3 is 1. The summed E-state index contributed by atoms with van der Waals surface area (Å²) in [6.45, 7) is 1.98. The molecule has 2 atom stereocenters. The normalized spacial score (nSPS) is 12.8. The summed E-state index contributed by atoms with van der Waals surface area (Å²) >= 11 is 6.18. The van der Waals surface area contributed by atoms with E-state index in [1.165, 1.54) is 7.11 Å². The molecule has 1 rings (SSSR count). The highest BCUT2D eigenvalue weighted by molar-refractivity contribution is 6.31. The number of benzene rings is 1. The van der Waals surface area contributed by atoms with Crippen LogP contribution in [0.5, 0.6) is 0 Å². The van der Waals surface area contributed by atoms with Gasteiger partial charge in [0.2, 0.25) is 5.91 Å². The summed E-state index contributed by atoms with van der Waals surface area (Å²) in [6, 6.07) is 4.67. The Hall–Kier alpha value is -2.28. The second kappa shape index (κ2) is 10.6. The Kier molecular flexibility index (Phi) is 8.77. The van der Waals surface area contributed by atoms with Crippen molar-refractivity contribution in [1.82, 2.24) is 10.6 Å². The van der Waals surface area contributed by atoms with Gasteiger partial charge in [0.15, 0.2) is 0 Å². The minimum absolute atomic E-state index is 0.0803. The summed E-state index contributed by atoms with van der Waals surface area (Å²) in [4.78, 5) is 35.4. The van der Waals surface area contributed by atoms with E-state index in [4.69, 9.17) is 22.1 Å². The van der Waals surface area contributed by atoms with Crippen molar-refractivity contribution in [2.75, 3.05) is 7.11 Å². The van der Waals surface area contributed by atoms with Gasteiger partial charge in [0.05, 0.1) is 19.6 Å². The monoisotopic (exact) mass is 369 g/mol. The first-order valence-corrected chi connectivity index (χ1v) is 8.44. The van der Waals surface area contributed by atoms with Crippen molar-refractivity contribution in [2.45, 2.75) is 44.7 Å². The molecule has 4 N–H and O–H groups in total. The molecule has 3 amide bonds. The summed E-state index contributed by atoms with van der Waals surface area (Å²) < 4.78 is 4.69. The average molecular weight is 370 g/mol. The lowest BCUT2D eigenvalue weighted by Crippen LogP contribution is -2.49. The van der Waals surface area contributed by atoms with Gasteiger partial charge in [0.25, 0.3) is 0 Å². The van der Waals surface area contributed by atoms with E-state index in [0.29, 0.717) is 17.0 Å². The lowest BCUT2D eigenvalue weighted by Gasteiger charge is -2.23. The van der Waals surface area contributed by atoms with Gasteiger partial charge in [-0.25, -0.2) is 4.79 Å². The second-order valence-electron chi connectivity index (χ2n) is 5.57. The van der Waals surface area contributed by atoms with Crippen molar-refractivity contribution < 1.29 is 19.1 Å². The van der Waals surface area contributed by atoms with E-state index in [0.717, 1.165) is 12.8 Å². The predicted molar refractivity (Wildman–Crippen MR) is 95.0 cm³/mol. The number of urea groups is 1. The zero-order valence-electron chi connectivity index (χ0n) is 14.4. The average Bonchev–Trinajstić information content (AvgIpc) is 2.57. The van der Waals surface area contributed by atoms with E-state index in [2.05, 4.69) is 10.6 Å². The van der Waals surface area contributed by atoms with Crippen LogP contribution in [0, 0.1) is 0 Å². The van der Waals surface area contributed by atoms with Crippen LogP contribution < -0.4 is 16.4 Å². The summed E-state index contributed by atoms with van der Waals surface area (Å²) in [5, 5.41) is 5.61. The molecule has 0 heterocycles.